The van der Waals surface area contributed by atoms with Gasteiger partial charge in [-0.3, -0.25) is 4.68 Å². The van der Waals surface area contributed by atoms with Crippen LogP contribution in [-0.4, -0.2) is 57.1 Å². The van der Waals surface area contributed by atoms with Crippen LogP contribution in [0.3, 0.4) is 0 Å². The van der Waals surface area contributed by atoms with Crippen LogP contribution in [0.2, 0.25) is 0 Å². The molecule has 1 aliphatic rings. The number of ether oxygens (including phenoxy) is 1. The number of halogens is 1. The number of likely N-dealkylation sites (tertiary alicyclic amines) is 1. The molecule has 3 rings (SSSR count). The Labute approximate surface area is 147 Å². The predicted octanol–water partition coefficient (Wildman–Crippen LogP) is 1.71. The van der Waals surface area contributed by atoms with Gasteiger partial charge in [-0.1, -0.05) is 18.2 Å². The minimum atomic E-state index is -0.572. The summed E-state index contributed by atoms with van der Waals surface area (Å²) in [6.07, 6.45) is 5.00. The highest BCUT2D eigenvalue weighted by atomic mass is 19.1. The van der Waals surface area contributed by atoms with Crippen LogP contribution >= 0.6 is 0 Å². The maximum atomic E-state index is 13.5. The highest BCUT2D eigenvalue weighted by Gasteiger charge is 2.22. The summed E-state index contributed by atoms with van der Waals surface area (Å²) >= 11 is 0. The zero-order chi connectivity index (χ0) is 17.5. The lowest BCUT2D eigenvalue weighted by Crippen LogP contribution is -2.42. The van der Waals surface area contributed by atoms with Crippen molar-refractivity contribution in [2.24, 2.45) is 5.92 Å². The monoisotopic (exact) mass is 348 g/mol. The first-order chi connectivity index (χ1) is 12.2. The standard InChI is InChI=1S/C18H25FN4O2/c19-18-6-2-1-5-16(18)11-25-12-17(24)10-22-7-3-4-15(8-22)9-23-14-20-13-21-23/h1-2,5-6,13-15,17,24H,3-4,7-12H2/t15-,17+/m1/s1. The Morgan fingerprint density at radius 2 is 2.24 bits per heavy atom. The predicted molar refractivity (Wildman–Crippen MR) is 91.2 cm³/mol. The van der Waals surface area contributed by atoms with Crippen molar-refractivity contribution in [1.29, 1.82) is 0 Å². The van der Waals surface area contributed by atoms with Gasteiger partial charge >= 0.3 is 0 Å². The summed E-state index contributed by atoms with van der Waals surface area (Å²) in [4.78, 5) is 6.24. The number of aliphatic hydroxyl groups is 1. The molecule has 0 spiro atoms. The largest absolute Gasteiger partial charge is 0.389 e. The molecular weight excluding hydrogens is 323 g/mol. The molecule has 1 fully saturated rings. The second-order valence-electron chi connectivity index (χ2n) is 6.65. The molecule has 1 aliphatic heterocycles. The Hall–Kier alpha value is -1.83. The lowest BCUT2D eigenvalue weighted by molar-refractivity contribution is 0.00149. The molecule has 2 heterocycles. The molecule has 0 aliphatic carbocycles. The van der Waals surface area contributed by atoms with E-state index in [1.165, 1.54) is 6.07 Å². The van der Waals surface area contributed by atoms with Gasteiger partial charge in [-0.25, -0.2) is 9.37 Å². The van der Waals surface area contributed by atoms with Gasteiger partial charge in [-0.15, -0.1) is 0 Å². The van der Waals surface area contributed by atoms with E-state index >= 15 is 0 Å². The van der Waals surface area contributed by atoms with Gasteiger partial charge in [0, 0.05) is 25.2 Å². The zero-order valence-electron chi connectivity index (χ0n) is 14.3. The third-order valence-electron chi connectivity index (χ3n) is 4.51. The molecule has 0 radical (unpaired) electrons. The fourth-order valence-corrected chi connectivity index (χ4v) is 3.33. The third kappa shape index (κ3) is 5.59. The summed E-state index contributed by atoms with van der Waals surface area (Å²) in [6, 6.07) is 6.54. The van der Waals surface area contributed by atoms with Gasteiger partial charge in [0.1, 0.15) is 18.5 Å². The van der Waals surface area contributed by atoms with Gasteiger partial charge in [0.2, 0.25) is 0 Å². The van der Waals surface area contributed by atoms with Gasteiger partial charge in [0.05, 0.1) is 19.3 Å². The molecule has 0 saturated carbocycles. The number of hydrogen-bond donors (Lipinski definition) is 1. The average Bonchev–Trinajstić information content (AvgIpc) is 3.10. The molecule has 1 saturated heterocycles. The van der Waals surface area contributed by atoms with Crippen LogP contribution in [0.1, 0.15) is 18.4 Å². The van der Waals surface area contributed by atoms with Crippen molar-refractivity contribution in [2.45, 2.75) is 32.1 Å². The SMILES string of the molecule is O[C@H](COCc1ccccc1F)CN1CCC[C@@H](Cn2cncn2)C1. The number of nitrogens with zero attached hydrogens (tertiary/aromatic N) is 4. The van der Waals surface area contributed by atoms with Crippen LogP contribution in [-0.2, 0) is 17.9 Å². The third-order valence-corrected chi connectivity index (χ3v) is 4.51. The van der Waals surface area contributed by atoms with E-state index in [1.807, 2.05) is 4.68 Å². The second-order valence-corrected chi connectivity index (χ2v) is 6.65. The summed E-state index contributed by atoms with van der Waals surface area (Å²) in [5, 5.41) is 14.4. The number of rotatable bonds is 8. The second kappa shape index (κ2) is 9.03. The molecule has 2 atom stereocenters. The smallest absolute Gasteiger partial charge is 0.137 e. The van der Waals surface area contributed by atoms with Gasteiger partial charge in [-0.2, -0.15) is 5.10 Å². The Bertz CT molecular complexity index is 638. The van der Waals surface area contributed by atoms with E-state index in [0.29, 0.717) is 18.0 Å². The minimum absolute atomic E-state index is 0.179. The minimum Gasteiger partial charge on any atom is -0.389 e. The van der Waals surface area contributed by atoms with Crippen LogP contribution in [0.5, 0.6) is 0 Å². The maximum Gasteiger partial charge on any atom is 0.137 e. The number of aromatic nitrogens is 3. The molecular formula is C18H25FN4O2. The van der Waals surface area contributed by atoms with E-state index in [0.717, 1.165) is 32.5 Å². The van der Waals surface area contributed by atoms with Crippen molar-refractivity contribution < 1.29 is 14.2 Å². The summed E-state index contributed by atoms with van der Waals surface area (Å²) in [5.41, 5.74) is 0.514. The summed E-state index contributed by atoms with van der Waals surface area (Å²) in [6.45, 7) is 3.74. The first-order valence-corrected chi connectivity index (χ1v) is 8.74. The van der Waals surface area contributed by atoms with Gasteiger partial charge in [-0.05, 0) is 31.4 Å². The van der Waals surface area contributed by atoms with Gasteiger partial charge < -0.3 is 14.7 Å². The number of benzene rings is 1. The summed E-state index contributed by atoms with van der Waals surface area (Å²) in [5.74, 6) is 0.242. The lowest BCUT2D eigenvalue weighted by atomic mass is 9.98. The van der Waals surface area contributed by atoms with Crippen LogP contribution in [0.4, 0.5) is 4.39 Å². The Balaban J connectivity index is 1.38. The lowest BCUT2D eigenvalue weighted by Gasteiger charge is -2.33. The highest BCUT2D eigenvalue weighted by Crippen LogP contribution is 2.18. The molecule has 1 aromatic heterocycles. The van der Waals surface area contributed by atoms with Crippen molar-refractivity contribution in [1.82, 2.24) is 19.7 Å². The molecule has 0 amide bonds. The van der Waals surface area contributed by atoms with E-state index in [-0.39, 0.29) is 19.0 Å². The molecule has 2 aromatic rings. The Morgan fingerprint density at radius 3 is 3.04 bits per heavy atom. The number of aliphatic hydroxyl groups excluding tert-OH is 1. The molecule has 1 aromatic carbocycles. The van der Waals surface area contributed by atoms with E-state index in [9.17, 15) is 9.50 Å². The summed E-state index contributed by atoms with van der Waals surface area (Å²) in [7, 11) is 0. The van der Waals surface area contributed by atoms with Crippen molar-refractivity contribution >= 4 is 0 Å². The maximum absolute atomic E-state index is 13.5. The summed E-state index contributed by atoms with van der Waals surface area (Å²) < 4.78 is 20.9. The first kappa shape index (κ1) is 18.0. The zero-order valence-corrected chi connectivity index (χ0v) is 14.3. The first-order valence-electron chi connectivity index (χ1n) is 8.74. The van der Waals surface area contributed by atoms with Gasteiger partial charge in [0.25, 0.3) is 0 Å². The highest BCUT2D eigenvalue weighted by molar-refractivity contribution is 5.16. The van der Waals surface area contributed by atoms with Crippen LogP contribution in [0.25, 0.3) is 0 Å². The van der Waals surface area contributed by atoms with Crippen molar-refractivity contribution in [3.63, 3.8) is 0 Å². The Kier molecular flexibility index (Phi) is 6.49. The number of β-amino-alcohol motifs (C(OH)–C–C–N with tert-alkyl or cyclic N) is 1. The number of piperidine rings is 1. The molecule has 136 valence electrons. The topological polar surface area (TPSA) is 63.4 Å². The molecule has 6 nitrogen and oxygen atoms in total. The molecule has 0 unspecified atom stereocenters. The van der Waals surface area contributed by atoms with Gasteiger partial charge in [0.15, 0.2) is 0 Å². The quantitative estimate of drug-likeness (QED) is 0.787. The molecule has 1 N–H and O–H groups in total. The van der Waals surface area contributed by atoms with E-state index < -0.39 is 6.10 Å². The van der Waals surface area contributed by atoms with E-state index in [4.69, 9.17) is 4.74 Å². The van der Waals surface area contributed by atoms with Crippen molar-refractivity contribution in [3.05, 3.63) is 48.3 Å². The average molecular weight is 348 g/mol. The van der Waals surface area contributed by atoms with Crippen LogP contribution in [0.15, 0.2) is 36.9 Å². The number of hydrogen-bond acceptors (Lipinski definition) is 5. The van der Waals surface area contributed by atoms with Crippen LogP contribution in [0, 0.1) is 11.7 Å². The molecule has 7 heteroatoms. The van der Waals surface area contributed by atoms with Crippen molar-refractivity contribution in [2.75, 3.05) is 26.2 Å². The van der Waals surface area contributed by atoms with E-state index in [2.05, 4.69) is 15.0 Å². The Morgan fingerprint density at radius 1 is 1.36 bits per heavy atom. The van der Waals surface area contributed by atoms with E-state index in [1.54, 1.807) is 30.9 Å². The van der Waals surface area contributed by atoms with Crippen molar-refractivity contribution in [3.8, 4) is 0 Å². The molecule has 0 bridgehead atoms. The fourth-order valence-electron chi connectivity index (χ4n) is 3.33. The normalized spacial score (nSPS) is 19.8. The van der Waals surface area contributed by atoms with Crippen LogP contribution < -0.4 is 0 Å². The molecule has 25 heavy (non-hydrogen) atoms. The fraction of sp³-hybridized carbons (Fsp3) is 0.556.